The number of hydrogen-bond donors (Lipinski definition) is 2. The number of ether oxygens (including phenoxy) is 1. The largest absolute Gasteiger partial charge is 0.465 e. The quantitative estimate of drug-likeness (QED) is 0.660. The second-order valence-electron chi connectivity index (χ2n) is 4.07. The smallest absolute Gasteiger partial charge is 0.319 e. The summed E-state index contributed by atoms with van der Waals surface area (Å²) >= 11 is 0. The van der Waals surface area contributed by atoms with Crippen LogP contribution in [0, 0.1) is 5.92 Å². The van der Waals surface area contributed by atoms with Crippen molar-refractivity contribution in [1.29, 1.82) is 0 Å². The normalized spacial score (nSPS) is 26.3. The van der Waals surface area contributed by atoms with Crippen LogP contribution in [-0.4, -0.2) is 31.7 Å². The van der Waals surface area contributed by atoms with Crippen molar-refractivity contribution >= 4 is 5.97 Å². The lowest BCUT2D eigenvalue weighted by Gasteiger charge is -2.31. The van der Waals surface area contributed by atoms with E-state index in [1.165, 1.54) is 19.3 Å². The molecule has 0 aliphatic heterocycles. The van der Waals surface area contributed by atoms with E-state index in [2.05, 4.69) is 5.32 Å². The van der Waals surface area contributed by atoms with Crippen LogP contribution in [0.3, 0.4) is 0 Å². The molecule has 4 nitrogen and oxygen atoms in total. The summed E-state index contributed by atoms with van der Waals surface area (Å²) in [5, 5.41) is 3.25. The van der Waals surface area contributed by atoms with E-state index in [0.717, 1.165) is 6.42 Å². The third kappa shape index (κ3) is 4.18. The lowest BCUT2D eigenvalue weighted by molar-refractivity contribution is -0.142. The Labute approximate surface area is 91.5 Å². The fraction of sp³-hybridized carbons (Fsp3) is 0.909. The van der Waals surface area contributed by atoms with Crippen molar-refractivity contribution in [2.75, 3.05) is 19.7 Å². The summed E-state index contributed by atoms with van der Waals surface area (Å²) in [6.45, 7) is 3.29. The third-order valence-electron chi connectivity index (χ3n) is 3.03. The second kappa shape index (κ2) is 6.80. The van der Waals surface area contributed by atoms with Crippen LogP contribution in [0.4, 0.5) is 0 Å². The van der Waals surface area contributed by atoms with Gasteiger partial charge in [0.05, 0.1) is 13.2 Å². The summed E-state index contributed by atoms with van der Waals surface area (Å²) in [4.78, 5) is 11.2. The average Bonchev–Trinajstić information content (AvgIpc) is 2.27. The van der Waals surface area contributed by atoms with E-state index in [1.54, 1.807) is 0 Å². The van der Waals surface area contributed by atoms with Crippen molar-refractivity contribution in [2.45, 2.75) is 38.6 Å². The van der Waals surface area contributed by atoms with Gasteiger partial charge < -0.3 is 15.8 Å². The number of rotatable bonds is 5. The van der Waals surface area contributed by atoms with Gasteiger partial charge in [0, 0.05) is 6.04 Å². The number of esters is 1. The van der Waals surface area contributed by atoms with Crippen LogP contribution in [0.15, 0.2) is 0 Å². The Kier molecular flexibility index (Phi) is 5.65. The van der Waals surface area contributed by atoms with Gasteiger partial charge in [-0.3, -0.25) is 4.79 Å². The molecule has 4 heteroatoms. The molecule has 1 fully saturated rings. The van der Waals surface area contributed by atoms with E-state index in [-0.39, 0.29) is 5.97 Å². The Morgan fingerprint density at radius 3 is 2.87 bits per heavy atom. The molecule has 0 radical (unpaired) electrons. The molecular weight excluding hydrogens is 192 g/mol. The Balaban J connectivity index is 2.26. The molecule has 0 spiro atoms. The SMILES string of the molecule is CCOC(=O)CNC1CCCCC1CN. The van der Waals surface area contributed by atoms with Gasteiger partial charge >= 0.3 is 5.97 Å². The molecule has 2 unspecified atom stereocenters. The van der Waals surface area contributed by atoms with Crippen molar-refractivity contribution < 1.29 is 9.53 Å². The zero-order valence-electron chi connectivity index (χ0n) is 9.50. The van der Waals surface area contributed by atoms with Gasteiger partial charge in [-0.2, -0.15) is 0 Å². The molecule has 0 aromatic rings. The maximum absolute atomic E-state index is 11.2. The van der Waals surface area contributed by atoms with Crippen LogP contribution >= 0.6 is 0 Å². The minimum atomic E-state index is -0.168. The highest BCUT2D eigenvalue weighted by molar-refractivity contribution is 5.71. The predicted molar refractivity (Wildman–Crippen MR) is 59.4 cm³/mol. The van der Waals surface area contributed by atoms with Crippen LogP contribution in [-0.2, 0) is 9.53 Å². The van der Waals surface area contributed by atoms with E-state index in [1.807, 2.05) is 6.92 Å². The van der Waals surface area contributed by atoms with Crippen molar-refractivity contribution in [3.05, 3.63) is 0 Å². The molecular formula is C11H22N2O2. The van der Waals surface area contributed by atoms with E-state index < -0.39 is 0 Å². The second-order valence-corrected chi connectivity index (χ2v) is 4.07. The summed E-state index contributed by atoms with van der Waals surface area (Å²) < 4.78 is 4.87. The molecule has 0 aromatic heterocycles. The summed E-state index contributed by atoms with van der Waals surface area (Å²) in [6, 6.07) is 0.396. The summed E-state index contributed by atoms with van der Waals surface area (Å²) in [5.74, 6) is 0.354. The molecule has 0 aromatic carbocycles. The van der Waals surface area contributed by atoms with Gasteiger partial charge in [-0.15, -0.1) is 0 Å². The Morgan fingerprint density at radius 2 is 2.20 bits per heavy atom. The number of carbonyl (C=O) groups is 1. The topological polar surface area (TPSA) is 64.3 Å². The highest BCUT2D eigenvalue weighted by atomic mass is 16.5. The maximum atomic E-state index is 11.2. The number of hydrogen-bond acceptors (Lipinski definition) is 4. The van der Waals surface area contributed by atoms with Crippen LogP contribution in [0.25, 0.3) is 0 Å². The van der Waals surface area contributed by atoms with Crippen molar-refractivity contribution in [3.8, 4) is 0 Å². The minimum absolute atomic E-state index is 0.168. The van der Waals surface area contributed by atoms with Gasteiger partial charge in [-0.25, -0.2) is 0 Å². The molecule has 15 heavy (non-hydrogen) atoms. The lowest BCUT2D eigenvalue weighted by atomic mass is 9.84. The van der Waals surface area contributed by atoms with Gasteiger partial charge in [0.2, 0.25) is 0 Å². The first-order valence-corrected chi connectivity index (χ1v) is 5.87. The van der Waals surface area contributed by atoms with Gasteiger partial charge in [-0.05, 0) is 32.2 Å². The summed E-state index contributed by atoms with van der Waals surface area (Å²) in [7, 11) is 0. The van der Waals surface area contributed by atoms with Gasteiger partial charge in [-0.1, -0.05) is 12.8 Å². The molecule has 3 N–H and O–H groups in total. The highest BCUT2D eigenvalue weighted by Gasteiger charge is 2.23. The fourth-order valence-corrected chi connectivity index (χ4v) is 2.18. The van der Waals surface area contributed by atoms with E-state index in [0.29, 0.717) is 31.7 Å². The average molecular weight is 214 g/mol. The molecule has 0 saturated heterocycles. The van der Waals surface area contributed by atoms with Crippen molar-refractivity contribution in [3.63, 3.8) is 0 Å². The first kappa shape index (κ1) is 12.5. The number of carbonyl (C=O) groups excluding carboxylic acids is 1. The Bertz CT molecular complexity index is 197. The van der Waals surface area contributed by atoms with Crippen LogP contribution in [0.1, 0.15) is 32.6 Å². The summed E-state index contributed by atoms with van der Waals surface area (Å²) in [6.07, 6.45) is 4.80. The zero-order valence-corrected chi connectivity index (χ0v) is 9.50. The van der Waals surface area contributed by atoms with Crippen LogP contribution in [0.5, 0.6) is 0 Å². The first-order chi connectivity index (χ1) is 7.27. The molecule has 1 aliphatic carbocycles. The Morgan fingerprint density at radius 1 is 1.47 bits per heavy atom. The van der Waals surface area contributed by atoms with Gasteiger partial charge in [0.1, 0.15) is 0 Å². The van der Waals surface area contributed by atoms with Gasteiger partial charge in [0.25, 0.3) is 0 Å². The van der Waals surface area contributed by atoms with Crippen LogP contribution < -0.4 is 11.1 Å². The molecule has 2 atom stereocenters. The third-order valence-corrected chi connectivity index (χ3v) is 3.03. The predicted octanol–water partition coefficient (Wildman–Crippen LogP) is 0.657. The molecule has 1 aliphatic rings. The zero-order chi connectivity index (χ0) is 11.1. The monoisotopic (exact) mass is 214 g/mol. The van der Waals surface area contributed by atoms with E-state index in [4.69, 9.17) is 10.5 Å². The highest BCUT2D eigenvalue weighted by Crippen LogP contribution is 2.23. The number of nitrogens with two attached hydrogens (primary N) is 1. The standard InChI is InChI=1S/C11H22N2O2/c1-2-15-11(14)8-13-10-6-4-3-5-9(10)7-12/h9-10,13H,2-8,12H2,1H3. The number of nitrogens with one attached hydrogen (secondary N) is 1. The minimum Gasteiger partial charge on any atom is -0.465 e. The van der Waals surface area contributed by atoms with E-state index in [9.17, 15) is 4.79 Å². The van der Waals surface area contributed by atoms with Gasteiger partial charge in [0.15, 0.2) is 0 Å². The van der Waals surface area contributed by atoms with Crippen molar-refractivity contribution in [1.82, 2.24) is 5.32 Å². The summed E-state index contributed by atoms with van der Waals surface area (Å²) in [5.41, 5.74) is 5.70. The lowest BCUT2D eigenvalue weighted by Crippen LogP contribution is -2.44. The molecule has 1 saturated carbocycles. The molecule has 0 heterocycles. The van der Waals surface area contributed by atoms with E-state index >= 15 is 0 Å². The Hall–Kier alpha value is -0.610. The maximum Gasteiger partial charge on any atom is 0.319 e. The molecule has 88 valence electrons. The first-order valence-electron chi connectivity index (χ1n) is 5.87. The van der Waals surface area contributed by atoms with Crippen LogP contribution in [0.2, 0.25) is 0 Å². The van der Waals surface area contributed by atoms with Crippen molar-refractivity contribution in [2.24, 2.45) is 11.7 Å². The fourth-order valence-electron chi connectivity index (χ4n) is 2.18. The molecule has 0 bridgehead atoms. The molecule has 1 rings (SSSR count). The molecule has 0 amide bonds.